The lowest BCUT2D eigenvalue weighted by Crippen LogP contribution is -2.09. The molecule has 1 atom stereocenters. The molecule has 2 rings (SSSR count). The summed E-state index contributed by atoms with van der Waals surface area (Å²) >= 11 is 11.9. The second kappa shape index (κ2) is 5.95. The number of rotatable bonds is 4. The van der Waals surface area contributed by atoms with Crippen LogP contribution in [0.15, 0.2) is 24.3 Å². The van der Waals surface area contributed by atoms with Crippen molar-refractivity contribution in [2.75, 3.05) is 0 Å². The Morgan fingerprint density at radius 1 is 1.21 bits per heavy atom. The molecule has 1 aromatic carbocycles. The highest BCUT2D eigenvalue weighted by molar-refractivity contribution is 6.42. The molecule has 1 N–H and O–H groups in total. The van der Waals surface area contributed by atoms with Gasteiger partial charge in [-0.1, -0.05) is 36.2 Å². The van der Waals surface area contributed by atoms with E-state index in [9.17, 15) is 5.11 Å². The summed E-state index contributed by atoms with van der Waals surface area (Å²) in [5.74, 6) is 0. The van der Waals surface area contributed by atoms with Crippen molar-refractivity contribution in [3.8, 4) is 0 Å². The van der Waals surface area contributed by atoms with Gasteiger partial charge in [0.1, 0.15) is 6.10 Å². The quantitative estimate of drug-likeness (QED) is 0.931. The third-order valence-corrected chi connectivity index (χ3v) is 3.80. The maximum Gasteiger partial charge on any atom is 0.121 e. The van der Waals surface area contributed by atoms with Crippen molar-refractivity contribution in [3.63, 3.8) is 0 Å². The van der Waals surface area contributed by atoms with Crippen LogP contribution in [-0.2, 0) is 13.0 Å². The number of nitrogens with zero attached hydrogens (tertiary/aromatic N) is 2. The Morgan fingerprint density at radius 2 is 1.95 bits per heavy atom. The van der Waals surface area contributed by atoms with Gasteiger partial charge in [-0.3, -0.25) is 4.68 Å². The lowest BCUT2D eigenvalue weighted by atomic mass is 10.1. The van der Waals surface area contributed by atoms with E-state index in [1.54, 1.807) is 18.2 Å². The lowest BCUT2D eigenvalue weighted by Gasteiger charge is -2.13. The van der Waals surface area contributed by atoms with E-state index >= 15 is 0 Å². The monoisotopic (exact) mass is 298 g/mol. The molecule has 19 heavy (non-hydrogen) atoms. The molecule has 0 aliphatic rings. The molecule has 0 aliphatic heterocycles. The predicted molar refractivity (Wildman–Crippen MR) is 77.8 cm³/mol. The van der Waals surface area contributed by atoms with Gasteiger partial charge in [-0.15, -0.1) is 0 Å². The van der Waals surface area contributed by atoms with Crippen LogP contribution in [0.2, 0.25) is 10.0 Å². The highest BCUT2D eigenvalue weighted by Crippen LogP contribution is 2.29. The molecule has 1 heterocycles. The van der Waals surface area contributed by atoms with Gasteiger partial charge in [-0.25, -0.2) is 0 Å². The van der Waals surface area contributed by atoms with Crippen LogP contribution in [0.25, 0.3) is 0 Å². The summed E-state index contributed by atoms with van der Waals surface area (Å²) in [4.78, 5) is 0. The van der Waals surface area contributed by atoms with Gasteiger partial charge in [0.2, 0.25) is 0 Å². The number of aliphatic hydroxyl groups is 1. The Morgan fingerprint density at radius 3 is 2.53 bits per heavy atom. The van der Waals surface area contributed by atoms with E-state index < -0.39 is 6.10 Å². The largest absolute Gasteiger partial charge is 0.382 e. The zero-order valence-electron chi connectivity index (χ0n) is 10.9. The van der Waals surface area contributed by atoms with Crippen molar-refractivity contribution < 1.29 is 5.11 Å². The molecule has 0 saturated carbocycles. The fourth-order valence-electron chi connectivity index (χ4n) is 1.99. The second-order valence-electron chi connectivity index (χ2n) is 4.31. The SMILES string of the molecule is CCc1cc(C(O)c2ccc(Cl)c(Cl)c2)n(CC)n1. The van der Waals surface area contributed by atoms with Crippen LogP contribution in [0.4, 0.5) is 0 Å². The average Bonchev–Trinajstić information content (AvgIpc) is 2.84. The molecule has 102 valence electrons. The van der Waals surface area contributed by atoms with Crippen LogP contribution < -0.4 is 0 Å². The first-order valence-corrected chi connectivity index (χ1v) is 7.02. The minimum absolute atomic E-state index is 0.441. The van der Waals surface area contributed by atoms with Gasteiger partial charge >= 0.3 is 0 Å². The summed E-state index contributed by atoms with van der Waals surface area (Å²) in [6.45, 7) is 4.75. The summed E-state index contributed by atoms with van der Waals surface area (Å²) in [5, 5.41) is 15.8. The predicted octanol–water partition coefficient (Wildman–Crippen LogP) is 3.85. The van der Waals surface area contributed by atoms with Gasteiger partial charge in [0.15, 0.2) is 0 Å². The summed E-state index contributed by atoms with van der Waals surface area (Å²) in [7, 11) is 0. The highest BCUT2D eigenvalue weighted by atomic mass is 35.5. The number of aliphatic hydroxyl groups excluding tert-OH is 1. The van der Waals surface area contributed by atoms with Crippen LogP contribution in [0.5, 0.6) is 0 Å². The zero-order valence-corrected chi connectivity index (χ0v) is 12.4. The molecule has 5 heteroatoms. The first-order chi connectivity index (χ1) is 9.06. The minimum atomic E-state index is -0.748. The average molecular weight is 299 g/mol. The van der Waals surface area contributed by atoms with Crippen molar-refractivity contribution in [1.29, 1.82) is 0 Å². The van der Waals surface area contributed by atoms with Crippen molar-refractivity contribution in [3.05, 3.63) is 51.3 Å². The van der Waals surface area contributed by atoms with Crippen molar-refractivity contribution in [2.24, 2.45) is 0 Å². The molecule has 1 unspecified atom stereocenters. The van der Waals surface area contributed by atoms with Gasteiger partial charge in [-0.05, 0) is 37.1 Å². The molecule has 0 saturated heterocycles. The topological polar surface area (TPSA) is 38.0 Å². The van der Waals surface area contributed by atoms with Crippen LogP contribution >= 0.6 is 23.2 Å². The Bertz CT molecular complexity index is 581. The molecule has 0 aliphatic carbocycles. The minimum Gasteiger partial charge on any atom is -0.382 e. The summed E-state index contributed by atoms with van der Waals surface area (Å²) in [5.41, 5.74) is 2.46. The fraction of sp³-hybridized carbons (Fsp3) is 0.357. The van der Waals surface area contributed by atoms with E-state index in [2.05, 4.69) is 5.10 Å². The molecule has 3 nitrogen and oxygen atoms in total. The first-order valence-electron chi connectivity index (χ1n) is 6.26. The van der Waals surface area contributed by atoms with Gasteiger partial charge in [0, 0.05) is 6.54 Å². The smallest absolute Gasteiger partial charge is 0.121 e. The molecule has 2 aromatic rings. The van der Waals surface area contributed by atoms with E-state index in [1.165, 1.54) is 0 Å². The lowest BCUT2D eigenvalue weighted by molar-refractivity contribution is 0.208. The van der Waals surface area contributed by atoms with Crippen LogP contribution in [0.3, 0.4) is 0 Å². The number of hydrogen-bond donors (Lipinski definition) is 1. The van der Waals surface area contributed by atoms with E-state index in [-0.39, 0.29) is 0 Å². The maximum atomic E-state index is 10.5. The molecule has 0 radical (unpaired) electrons. The van der Waals surface area contributed by atoms with Crippen LogP contribution in [0, 0.1) is 0 Å². The standard InChI is InChI=1S/C14H16Cl2N2O/c1-3-10-8-13(18(4-2)17-10)14(19)9-5-6-11(15)12(16)7-9/h5-8,14,19H,3-4H2,1-2H3. The first kappa shape index (κ1) is 14.4. The van der Waals surface area contributed by atoms with E-state index in [1.807, 2.05) is 24.6 Å². The molecule has 0 spiro atoms. The van der Waals surface area contributed by atoms with E-state index in [0.29, 0.717) is 22.2 Å². The maximum absolute atomic E-state index is 10.5. The summed E-state index contributed by atoms with van der Waals surface area (Å²) in [6, 6.07) is 7.08. The van der Waals surface area contributed by atoms with Gasteiger partial charge in [0.05, 0.1) is 21.4 Å². The Balaban J connectivity index is 2.39. The Hall–Kier alpha value is -1.03. The second-order valence-corrected chi connectivity index (χ2v) is 5.12. The molecular formula is C14H16Cl2N2O. The summed E-state index contributed by atoms with van der Waals surface area (Å²) in [6.07, 6.45) is 0.0937. The van der Waals surface area contributed by atoms with Crippen molar-refractivity contribution in [1.82, 2.24) is 9.78 Å². The molecule has 0 fully saturated rings. The summed E-state index contributed by atoms with van der Waals surface area (Å²) < 4.78 is 1.81. The highest BCUT2D eigenvalue weighted by Gasteiger charge is 2.17. The Kier molecular flexibility index (Phi) is 4.50. The Labute approximate surface area is 122 Å². The molecular weight excluding hydrogens is 283 g/mol. The zero-order chi connectivity index (χ0) is 14.0. The van der Waals surface area contributed by atoms with Gasteiger partial charge in [0.25, 0.3) is 0 Å². The molecule has 1 aromatic heterocycles. The number of aromatic nitrogens is 2. The van der Waals surface area contributed by atoms with Gasteiger partial charge < -0.3 is 5.11 Å². The normalized spacial score (nSPS) is 12.7. The molecule has 0 amide bonds. The van der Waals surface area contributed by atoms with Crippen LogP contribution in [0.1, 0.15) is 36.9 Å². The van der Waals surface area contributed by atoms with E-state index in [0.717, 1.165) is 17.8 Å². The van der Waals surface area contributed by atoms with Crippen molar-refractivity contribution in [2.45, 2.75) is 32.9 Å². The van der Waals surface area contributed by atoms with Crippen LogP contribution in [-0.4, -0.2) is 14.9 Å². The van der Waals surface area contributed by atoms with Crippen molar-refractivity contribution >= 4 is 23.2 Å². The van der Waals surface area contributed by atoms with E-state index in [4.69, 9.17) is 23.2 Å². The number of hydrogen-bond acceptors (Lipinski definition) is 2. The molecule has 0 bridgehead atoms. The number of benzene rings is 1. The third kappa shape index (κ3) is 2.94. The third-order valence-electron chi connectivity index (χ3n) is 3.06. The number of halogens is 2. The fourth-order valence-corrected chi connectivity index (χ4v) is 2.29. The van der Waals surface area contributed by atoms with Gasteiger partial charge in [-0.2, -0.15) is 5.10 Å². The number of aryl methyl sites for hydroxylation is 2.